The van der Waals surface area contributed by atoms with Gasteiger partial charge in [0.25, 0.3) is 5.91 Å². The summed E-state index contributed by atoms with van der Waals surface area (Å²) < 4.78 is 7.34. The molecule has 0 aliphatic carbocycles. The van der Waals surface area contributed by atoms with Gasteiger partial charge >= 0.3 is 0 Å². The standard InChI is InChI=1S/C20H21N5O2/c1-5-25-9-12(8-21)14-15(16(22)17(19(23)26)24-20(14)25)13-7-6-10(2)18(27-4)11(13)3/h6-7,9H,5,22H2,1-4H3,(H2,23,26). The second-order valence-corrected chi connectivity index (χ2v) is 6.34. The van der Waals surface area contributed by atoms with E-state index in [0.717, 1.165) is 22.4 Å². The minimum absolute atomic E-state index is 0.00580. The lowest BCUT2D eigenvalue weighted by molar-refractivity contribution is 0.0997. The number of fused-ring (bicyclic) bond motifs is 1. The molecular weight excluding hydrogens is 342 g/mol. The average molecular weight is 363 g/mol. The number of benzene rings is 1. The summed E-state index contributed by atoms with van der Waals surface area (Å²) in [4.78, 5) is 16.3. The number of aromatic nitrogens is 2. The summed E-state index contributed by atoms with van der Waals surface area (Å²) in [7, 11) is 1.60. The van der Waals surface area contributed by atoms with Crippen molar-refractivity contribution in [2.24, 2.45) is 5.73 Å². The highest BCUT2D eigenvalue weighted by atomic mass is 16.5. The summed E-state index contributed by atoms with van der Waals surface area (Å²) in [6.45, 7) is 6.38. The summed E-state index contributed by atoms with van der Waals surface area (Å²) in [5.74, 6) is 0.0145. The minimum Gasteiger partial charge on any atom is -0.496 e. The Morgan fingerprint density at radius 3 is 2.63 bits per heavy atom. The van der Waals surface area contributed by atoms with Crippen molar-refractivity contribution < 1.29 is 9.53 Å². The Kier molecular flexibility index (Phi) is 4.50. The Morgan fingerprint density at radius 1 is 1.37 bits per heavy atom. The smallest absolute Gasteiger partial charge is 0.269 e. The first-order valence-electron chi connectivity index (χ1n) is 8.52. The third-order valence-corrected chi connectivity index (χ3v) is 4.81. The molecule has 1 amide bonds. The quantitative estimate of drug-likeness (QED) is 0.738. The van der Waals surface area contributed by atoms with E-state index in [1.54, 1.807) is 13.3 Å². The molecule has 0 saturated carbocycles. The number of pyridine rings is 1. The number of carbonyl (C=O) groups is 1. The van der Waals surface area contributed by atoms with Crippen LogP contribution in [0, 0.1) is 25.2 Å². The van der Waals surface area contributed by atoms with Crippen LogP contribution in [0.25, 0.3) is 22.2 Å². The third kappa shape index (κ3) is 2.66. The average Bonchev–Trinajstić information content (AvgIpc) is 3.00. The molecule has 4 N–H and O–H groups in total. The normalized spacial score (nSPS) is 10.8. The van der Waals surface area contributed by atoms with Crippen molar-refractivity contribution >= 4 is 22.6 Å². The van der Waals surface area contributed by atoms with Crippen LogP contribution in [-0.2, 0) is 6.54 Å². The number of aryl methyl sites for hydroxylation is 2. The fraction of sp³-hybridized carbons (Fsp3) is 0.250. The van der Waals surface area contributed by atoms with Crippen LogP contribution in [0.3, 0.4) is 0 Å². The summed E-state index contributed by atoms with van der Waals surface area (Å²) in [6, 6.07) is 6.03. The van der Waals surface area contributed by atoms with Gasteiger partial charge in [0.05, 0.1) is 18.4 Å². The van der Waals surface area contributed by atoms with E-state index in [0.29, 0.717) is 28.7 Å². The summed E-state index contributed by atoms with van der Waals surface area (Å²) in [5.41, 5.74) is 16.1. The van der Waals surface area contributed by atoms with Gasteiger partial charge < -0.3 is 20.8 Å². The van der Waals surface area contributed by atoms with Crippen LogP contribution < -0.4 is 16.2 Å². The third-order valence-electron chi connectivity index (χ3n) is 4.81. The van der Waals surface area contributed by atoms with Gasteiger partial charge in [-0.05, 0) is 37.5 Å². The van der Waals surface area contributed by atoms with Gasteiger partial charge in [0.1, 0.15) is 17.5 Å². The zero-order valence-corrected chi connectivity index (χ0v) is 15.8. The molecule has 7 nitrogen and oxygen atoms in total. The number of carbonyl (C=O) groups excluding carboxylic acids is 1. The molecule has 0 fully saturated rings. The topological polar surface area (TPSA) is 120 Å². The number of rotatable bonds is 4. The van der Waals surface area contributed by atoms with Gasteiger partial charge in [-0.1, -0.05) is 12.1 Å². The Labute approximate surface area is 157 Å². The molecule has 0 spiro atoms. The first kappa shape index (κ1) is 18.3. The lowest BCUT2D eigenvalue weighted by Gasteiger charge is -2.17. The zero-order valence-electron chi connectivity index (χ0n) is 15.8. The van der Waals surface area contributed by atoms with Crippen molar-refractivity contribution in [1.29, 1.82) is 5.26 Å². The van der Waals surface area contributed by atoms with Crippen LogP contribution in [0.1, 0.15) is 34.1 Å². The number of nitrogens with zero attached hydrogens (tertiary/aromatic N) is 3. The molecule has 3 aromatic rings. The van der Waals surface area contributed by atoms with Crippen molar-refractivity contribution in [1.82, 2.24) is 9.55 Å². The van der Waals surface area contributed by atoms with E-state index in [4.69, 9.17) is 16.2 Å². The molecular formula is C20H21N5O2. The molecule has 0 saturated heterocycles. The predicted molar refractivity (Wildman–Crippen MR) is 105 cm³/mol. The predicted octanol–water partition coefficient (Wildman–Crippen LogP) is 2.90. The highest BCUT2D eigenvalue weighted by Crippen LogP contribution is 2.41. The molecule has 138 valence electrons. The van der Waals surface area contributed by atoms with E-state index >= 15 is 0 Å². The molecule has 0 aliphatic heterocycles. The zero-order chi connectivity index (χ0) is 19.9. The van der Waals surface area contributed by atoms with E-state index in [1.165, 1.54) is 0 Å². The number of amides is 1. The molecule has 2 aromatic heterocycles. The molecule has 0 bridgehead atoms. The number of nitrogens with two attached hydrogens (primary N) is 2. The Morgan fingerprint density at radius 2 is 2.07 bits per heavy atom. The van der Waals surface area contributed by atoms with Gasteiger partial charge in [0.15, 0.2) is 5.69 Å². The van der Waals surface area contributed by atoms with Crippen molar-refractivity contribution in [3.8, 4) is 22.9 Å². The first-order chi connectivity index (χ1) is 12.8. The van der Waals surface area contributed by atoms with Crippen LogP contribution in [-0.4, -0.2) is 22.6 Å². The monoisotopic (exact) mass is 363 g/mol. The number of anilines is 1. The highest BCUT2D eigenvalue weighted by Gasteiger charge is 2.24. The lowest BCUT2D eigenvalue weighted by atomic mass is 9.93. The summed E-state index contributed by atoms with van der Waals surface area (Å²) in [6.07, 6.45) is 1.71. The molecule has 0 aliphatic rings. The van der Waals surface area contributed by atoms with Crippen molar-refractivity contribution in [3.63, 3.8) is 0 Å². The maximum absolute atomic E-state index is 12.0. The van der Waals surface area contributed by atoms with Gasteiger partial charge in [-0.15, -0.1) is 0 Å². The fourth-order valence-corrected chi connectivity index (χ4v) is 3.54. The second kappa shape index (κ2) is 6.65. The number of ether oxygens (including phenoxy) is 1. The van der Waals surface area contributed by atoms with Gasteiger partial charge in [0, 0.05) is 23.7 Å². The van der Waals surface area contributed by atoms with E-state index in [1.807, 2.05) is 37.5 Å². The molecule has 27 heavy (non-hydrogen) atoms. The molecule has 0 radical (unpaired) electrons. The Bertz CT molecular complexity index is 1120. The van der Waals surface area contributed by atoms with E-state index < -0.39 is 5.91 Å². The Hall–Kier alpha value is -3.53. The molecule has 3 rings (SSSR count). The molecule has 7 heteroatoms. The van der Waals surface area contributed by atoms with Crippen LogP contribution in [0.5, 0.6) is 5.75 Å². The van der Waals surface area contributed by atoms with Crippen LogP contribution in [0.4, 0.5) is 5.69 Å². The van der Waals surface area contributed by atoms with E-state index in [9.17, 15) is 10.1 Å². The van der Waals surface area contributed by atoms with Crippen LogP contribution in [0.2, 0.25) is 0 Å². The van der Waals surface area contributed by atoms with Crippen LogP contribution >= 0.6 is 0 Å². The van der Waals surface area contributed by atoms with Gasteiger partial charge in [0.2, 0.25) is 0 Å². The number of primary amides is 1. The van der Waals surface area contributed by atoms with E-state index in [-0.39, 0.29) is 11.4 Å². The van der Waals surface area contributed by atoms with Crippen LogP contribution in [0.15, 0.2) is 18.3 Å². The maximum atomic E-state index is 12.0. The lowest BCUT2D eigenvalue weighted by Crippen LogP contribution is -2.17. The highest BCUT2D eigenvalue weighted by molar-refractivity contribution is 6.10. The number of hydrogen-bond donors (Lipinski definition) is 2. The first-order valence-corrected chi connectivity index (χ1v) is 8.52. The molecule has 1 aromatic carbocycles. The second-order valence-electron chi connectivity index (χ2n) is 6.34. The van der Waals surface area contributed by atoms with Crippen molar-refractivity contribution in [3.05, 3.63) is 40.7 Å². The van der Waals surface area contributed by atoms with E-state index in [2.05, 4.69) is 11.1 Å². The molecule has 0 atom stereocenters. The number of hydrogen-bond acceptors (Lipinski definition) is 5. The number of methoxy groups -OCH3 is 1. The Balaban J connectivity index is 2.56. The van der Waals surface area contributed by atoms with Crippen molar-refractivity contribution in [2.75, 3.05) is 12.8 Å². The summed E-state index contributed by atoms with van der Waals surface area (Å²) >= 11 is 0. The molecule has 0 unspecified atom stereocenters. The number of nitrogen functional groups attached to an aromatic ring is 1. The number of nitriles is 1. The van der Waals surface area contributed by atoms with Gasteiger partial charge in [-0.25, -0.2) is 4.98 Å². The summed E-state index contributed by atoms with van der Waals surface area (Å²) in [5, 5.41) is 10.3. The largest absolute Gasteiger partial charge is 0.496 e. The minimum atomic E-state index is -0.713. The molecule has 2 heterocycles. The SMILES string of the molecule is CCn1cc(C#N)c2c(-c3ccc(C)c(OC)c3C)c(N)c(C(N)=O)nc21. The maximum Gasteiger partial charge on any atom is 0.269 e. The fourth-order valence-electron chi connectivity index (χ4n) is 3.54. The van der Waals surface area contributed by atoms with Gasteiger partial charge in [-0.3, -0.25) is 4.79 Å². The van der Waals surface area contributed by atoms with Crippen molar-refractivity contribution in [2.45, 2.75) is 27.3 Å². The van der Waals surface area contributed by atoms with Gasteiger partial charge in [-0.2, -0.15) is 5.26 Å².